The Bertz CT molecular complexity index is 271. The summed E-state index contributed by atoms with van der Waals surface area (Å²) >= 11 is 0. The summed E-state index contributed by atoms with van der Waals surface area (Å²) in [6.07, 6.45) is 3.83. The normalized spacial score (nSPS) is 23.0. The molecule has 0 heterocycles. The molecule has 1 aromatic carbocycles. The van der Waals surface area contributed by atoms with Crippen molar-refractivity contribution in [3.05, 3.63) is 48.0 Å². The van der Waals surface area contributed by atoms with E-state index in [0.29, 0.717) is 5.92 Å². The Balaban J connectivity index is 2.25. The van der Waals surface area contributed by atoms with Gasteiger partial charge in [-0.1, -0.05) is 42.5 Å². The van der Waals surface area contributed by atoms with Crippen LogP contribution < -0.4 is 0 Å². The highest BCUT2D eigenvalue weighted by molar-refractivity contribution is 5.29. The van der Waals surface area contributed by atoms with E-state index in [1.54, 1.807) is 0 Å². The Kier molecular flexibility index (Phi) is 1.99. The number of benzene rings is 1. The average Bonchev–Trinajstić information content (AvgIpc) is 2.53. The molecule has 0 bridgehead atoms. The fourth-order valence-corrected chi connectivity index (χ4v) is 2.00. The van der Waals surface area contributed by atoms with Crippen LogP contribution in [0.15, 0.2) is 42.5 Å². The van der Waals surface area contributed by atoms with Crippen LogP contribution in [0.1, 0.15) is 30.7 Å². The van der Waals surface area contributed by atoms with Crippen molar-refractivity contribution in [1.29, 1.82) is 0 Å². The maximum absolute atomic E-state index is 4.11. The lowest BCUT2D eigenvalue weighted by Crippen LogP contribution is -1.92. The number of hydrogen-bond acceptors (Lipinski definition) is 0. The SMILES string of the molecule is C=C1CCC[C@H]1c1ccccc1. The van der Waals surface area contributed by atoms with Gasteiger partial charge in [0, 0.05) is 5.92 Å². The van der Waals surface area contributed by atoms with Crippen molar-refractivity contribution in [3.63, 3.8) is 0 Å². The third-order valence-electron chi connectivity index (χ3n) is 2.69. The van der Waals surface area contributed by atoms with Crippen molar-refractivity contribution in [3.8, 4) is 0 Å². The summed E-state index contributed by atoms with van der Waals surface area (Å²) in [6, 6.07) is 10.7. The Hall–Kier alpha value is -1.04. The number of allylic oxidation sites excluding steroid dienone is 1. The molecular formula is C12H14. The van der Waals surface area contributed by atoms with Crippen molar-refractivity contribution in [2.45, 2.75) is 25.2 Å². The highest BCUT2D eigenvalue weighted by Gasteiger charge is 2.19. The third-order valence-corrected chi connectivity index (χ3v) is 2.69. The van der Waals surface area contributed by atoms with Gasteiger partial charge in [-0.3, -0.25) is 0 Å². The largest absolute Gasteiger partial charge is 0.0992 e. The zero-order valence-corrected chi connectivity index (χ0v) is 7.29. The van der Waals surface area contributed by atoms with Gasteiger partial charge < -0.3 is 0 Å². The molecule has 0 unspecified atom stereocenters. The molecule has 1 saturated carbocycles. The second-order valence-electron chi connectivity index (χ2n) is 3.51. The van der Waals surface area contributed by atoms with Gasteiger partial charge in [-0.15, -0.1) is 0 Å². The number of rotatable bonds is 1. The van der Waals surface area contributed by atoms with Gasteiger partial charge in [0.15, 0.2) is 0 Å². The molecule has 12 heavy (non-hydrogen) atoms. The Morgan fingerprint density at radius 2 is 1.92 bits per heavy atom. The summed E-state index contributed by atoms with van der Waals surface area (Å²) in [4.78, 5) is 0. The van der Waals surface area contributed by atoms with Crippen molar-refractivity contribution < 1.29 is 0 Å². The molecule has 0 spiro atoms. The van der Waals surface area contributed by atoms with E-state index < -0.39 is 0 Å². The van der Waals surface area contributed by atoms with Crippen LogP contribution >= 0.6 is 0 Å². The minimum Gasteiger partial charge on any atom is -0.0992 e. The molecular weight excluding hydrogens is 144 g/mol. The summed E-state index contributed by atoms with van der Waals surface area (Å²) < 4.78 is 0. The zero-order chi connectivity index (χ0) is 8.39. The van der Waals surface area contributed by atoms with Crippen LogP contribution in [0.25, 0.3) is 0 Å². The van der Waals surface area contributed by atoms with Crippen molar-refractivity contribution in [1.82, 2.24) is 0 Å². The average molecular weight is 158 g/mol. The van der Waals surface area contributed by atoms with Gasteiger partial charge in [-0.25, -0.2) is 0 Å². The molecule has 1 aromatic rings. The maximum atomic E-state index is 4.11. The van der Waals surface area contributed by atoms with E-state index in [1.165, 1.54) is 30.4 Å². The first kappa shape index (κ1) is 7.60. The molecule has 0 aliphatic heterocycles. The van der Waals surface area contributed by atoms with Crippen LogP contribution in [0, 0.1) is 0 Å². The Morgan fingerprint density at radius 1 is 1.17 bits per heavy atom. The van der Waals surface area contributed by atoms with Crippen LogP contribution in [0.3, 0.4) is 0 Å². The summed E-state index contributed by atoms with van der Waals surface area (Å²) in [5, 5.41) is 0. The van der Waals surface area contributed by atoms with Crippen LogP contribution in [-0.4, -0.2) is 0 Å². The van der Waals surface area contributed by atoms with E-state index in [9.17, 15) is 0 Å². The fraction of sp³-hybridized carbons (Fsp3) is 0.333. The monoisotopic (exact) mass is 158 g/mol. The molecule has 0 saturated heterocycles. The summed E-state index contributed by atoms with van der Waals surface area (Å²) in [5.74, 6) is 0.645. The molecule has 0 aromatic heterocycles. The topological polar surface area (TPSA) is 0 Å². The summed E-state index contributed by atoms with van der Waals surface area (Å²) in [7, 11) is 0. The van der Waals surface area contributed by atoms with Crippen molar-refractivity contribution in [2.75, 3.05) is 0 Å². The first-order valence-corrected chi connectivity index (χ1v) is 4.60. The molecule has 0 N–H and O–H groups in total. The smallest absolute Gasteiger partial charge is 0.00455 e. The minimum atomic E-state index is 0.645. The second-order valence-corrected chi connectivity index (χ2v) is 3.51. The highest BCUT2D eigenvalue weighted by atomic mass is 14.2. The molecule has 0 nitrogen and oxygen atoms in total. The lowest BCUT2D eigenvalue weighted by molar-refractivity contribution is 0.793. The quantitative estimate of drug-likeness (QED) is 0.549. The van der Waals surface area contributed by atoms with Gasteiger partial charge in [0.1, 0.15) is 0 Å². The molecule has 1 atom stereocenters. The number of hydrogen-bond donors (Lipinski definition) is 0. The zero-order valence-electron chi connectivity index (χ0n) is 7.29. The van der Waals surface area contributed by atoms with Crippen molar-refractivity contribution in [2.24, 2.45) is 0 Å². The van der Waals surface area contributed by atoms with E-state index >= 15 is 0 Å². The molecule has 0 radical (unpaired) electrons. The molecule has 1 aliphatic rings. The third kappa shape index (κ3) is 1.29. The molecule has 1 aliphatic carbocycles. The Morgan fingerprint density at radius 3 is 2.50 bits per heavy atom. The standard InChI is InChI=1S/C12H14/c1-10-6-5-9-12(10)11-7-3-2-4-8-11/h2-4,7-8,12H,1,5-6,9H2/t12-/m1/s1. The lowest BCUT2D eigenvalue weighted by atomic mass is 9.95. The van der Waals surface area contributed by atoms with Crippen LogP contribution in [-0.2, 0) is 0 Å². The van der Waals surface area contributed by atoms with E-state index in [0.717, 1.165) is 0 Å². The highest BCUT2D eigenvalue weighted by Crippen LogP contribution is 2.37. The van der Waals surface area contributed by atoms with E-state index in [1.807, 2.05) is 0 Å². The first-order chi connectivity index (χ1) is 5.88. The molecule has 0 amide bonds. The molecule has 0 heteroatoms. The van der Waals surface area contributed by atoms with Gasteiger partial charge in [0.2, 0.25) is 0 Å². The van der Waals surface area contributed by atoms with E-state index in [-0.39, 0.29) is 0 Å². The van der Waals surface area contributed by atoms with E-state index in [2.05, 4.69) is 36.9 Å². The van der Waals surface area contributed by atoms with Crippen LogP contribution in [0.2, 0.25) is 0 Å². The van der Waals surface area contributed by atoms with Gasteiger partial charge in [0.05, 0.1) is 0 Å². The predicted molar refractivity (Wildman–Crippen MR) is 52.2 cm³/mol. The van der Waals surface area contributed by atoms with Gasteiger partial charge in [0.25, 0.3) is 0 Å². The Labute approximate surface area is 73.9 Å². The summed E-state index contributed by atoms with van der Waals surface area (Å²) in [5.41, 5.74) is 2.86. The van der Waals surface area contributed by atoms with Gasteiger partial charge in [-0.05, 0) is 24.8 Å². The second kappa shape index (κ2) is 3.14. The maximum Gasteiger partial charge on any atom is 0.00455 e. The molecule has 62 valence electrons. The summed E-state index contributed by atoms with van der Waals surface area (Å²) in [6.45, 7) is 4.11. The van der Waals surface area contributed by atoms with E-state index in [4.69, 9.17) is 0 Å². The molecule has 2 rings (SSSR count). The van der Waals surface area contributed by atoms with Gasteiger partial charge >= 0.3 is 0 Å². The molecule has 1 fully saturated rings. The minimum absolute atomic E-state index is 0.645. The van der Waals surface area contributed by atoms with Crippen LogP contribution in [0.5, 0.6) is 0 Å². The van der Waals surface area contributed by atoms with Gasteiger partial charge in [-0.2, -0.15) is 0 Å². The fourth-order valence-electron chi connectivity index (χ4n) is 2.00. The van der Waals surface area contributed by atoms with Crippen LogP contribution in [0.4, 0.5) is 0 Å². The van der Waals surface area contributed by atoms with Crippen molar-refractivity contribution >= 4 is 0 Å². The lowest BCUT2D eigenvalue weighted by Gasteiger charge is -2.10. The predicted octanol–water partition coefficient (Wildman–Crippen LogP) is 3.51. The first-order valence-electron chi connectivity index (χ1n) is 4.60.